The summed E-state index contributed by atoms with van der Waals surface area (Å²) in [5.41, 5.74) is 0.709. The molecule has 0 aliphatic carbocycles. The Morgan fingerprint density at radius 1 is 1.53 bits per heavy atom. The highest BCUT2D eigenvalue weighted by Crippen LogP contribution is 2.32. The maximum atomic E-state index is 11.3. The second-order valence-electron chi connectivity index (χ2n) is 5.52. The normalized spacial score (nSPS) is 19.7. The molecule has 1 aliphatic rings. The minimum Gasteiger partial charge on any atom is -0.477 e. The molecule has 6 heteroatoms. The zero-order valence-electron chi connectivity index (χ0n) is 11.9. The first-order valence-electron chi connectivity index (χ1n) is 6.55. The second-order valence-corrected chi connectivity index (χ2v) is 6.50. The van der Waals surface area contributed by atoms with Gasteiger partial charge in [0.05, 0.1) is 5.69 Å². The van der Waals surface area contributed by atoms with Crippen molar-refractivity contribution < 1.29 is 9.90 Å². The number of aromatic carboxylic acids is 1. The molecule has 1 fully saturated rings. The molecule has 0 aromatic carbocycles. The van der Waals surface area contributed by atoms with Crippen LogP contribution in [0.2, 0.25) is 0 Å². The summed E-state index contributed by atoms with van der Waals surface area (Å²) >= 11 is 1.30. The molecule has 5 nitrogen and oxygen atoms in total. The van der Waals surface area contributed by atoms with Gasteiger partial charge in [0.25, 0.3) is 0 Å². The monoisotopic (exact) mass is 283 g/mol. The number of aromatic nitrogens is 1. The van der Waals surface area contributed by atoms with E-state index in [1.165, 1.54) is 11.3 Å². The minimum atomic E-state index is -0.865. The minimum absolute atomic E-state index is 0.142. The van der Waals surface area contributed by atoms with Gasteiger partial charge in [0.2, 0.25) is 0 Å². The lowest BCUT2D eigenvalue weighted by Crippen LogP contribution is -2.31. The number of hydrogen-bond acceptors (Lipinski definition) is 5. The van der Waals surface area contributed by atoms with Crippen LogP contribution in [0.4, 0.5) is 5.13 Å². The third kappa shape index (κ3) is 2.90. The van der Waals surface area contributed by atoms with Crippen molar-refractivity contribution in [2.45, 2.75) is 32.2 Å². The van der Waals surface area contributed by atoms with Gasteiger partial charge < -0.3 is 14.9 Å². The average molecular weight is 283 g/mol. The number of rotatable bonds is 4. The standard InChI is InChI=1S/C13H21N3O2S/c1-8(2)10-11(12(17)18)19-13(14-10)16-6-5-9(7-16)15(3)4/h8-9H,5-7H2,1-4H3,(H,17,18). The molecule has 1 aromatic heterocycles. The molecule has 1 aromatic rings. The van der Waals surface area contributed by atoms with Crippen molar-refractivity contribution in [1.29, 1.82) is 0 Å². The lowest BCUT2D eigenvalue weighted by atomic mass is 10.1. The Bertz CT molecular complexity index is 470. The first kappa shape index (κ1) is 14.3. The van der Waals surface area contributed by atoms with Crippen LogP contribution in [0.25, 0.3) is 0 Å². The van der Waals surface area contributed by atoms with Crippen LogP contribution in [0.1, 0.15) is 41.6 Å². The molecule has 1 atom stereocenters. The number of likely N-dealkylation sites (N-methyl/N-ethyl adjacent to an activating group) is 1. The Morgan fingerprint density at radius 3 is 2.63 bits per heavy atom. The Labute approximate surface area is 117 Å². The molecule has 1 saturated heterocycles. The van der Waals surface area contributed by atoms with Gasteiger partial charge >= 0.3 is 5.97 Å². The predicted octanol–water partition coefficient (Wildman–Crippen LogP) is 2.10. The van der Waals surface area contributed by atoms with Gasteiger partial charge in [-0.1, -0.05) is 25.2 Å². The lowest BCUT2D eigenvalue weighted by Gasteiger charge is -2.19. The van der Waals surface area contributed by atoms with Crippen molar-refractivity contribution in [3.05, 3.63) is 10.6 Å². The van der Waals surface area contributed by atoms with Crippen LogP contribution in [0.15, 0.2) is 0 Å². The molecule has 1 N–H and O–H groups in total. The molecule has 19 heavy (non-hydrogen) atoms. The number of carboxylic acid groups (broad SMARTS) is 1. The van der Waals surface area contributed by atoms with E-state index in [0.717, 1.165) is 24.6 Å². The van der Waals surface area contributed by atoms with E-state index in [-0.39, 0.29) is 5.92 Å². The molecule has 1 unspecified atom stereocenters. The van der Waals surface area contributed by atoms with E-state index in [2.05, 4.69) is 28.9 Å². The molecule has 2 rings (SSSR count). The van der Waals surface area contributed by atoms with E-state index in [0.29, 0.717) is 16.6 Å². The summed E-state index contributed by atoms with van der Waals surface area (Å²) in [5, 5.41) is 10.1. The predicted molar refractivity (Wildman–Crippen MR) is 77.5 cm³/mol. The van der Waals surface area contributed by atoms with E-state index < -0.39 is 5.97 Å². The number of carbonyl (C=O) groups is 1. The molecule has 0 spiro atoms. The summed E-state index contributed by atoms with van der Waals surface area (Å²) in [6, 6.07) is 0.527. The third-order valence-corrected chi connectivity index (χ3v) is 4.67. The Kier molecular flexibility index (Phi) is 4.10. The van der Waals surface area contributed by atoms with E-state index in [4.69, 9.17) is 0 Å². The van der Waals surface area contributed by atoms with Gasteiger partial charge in [-0.2, -0.15) is 0 Å². The van der Waals surface area contributed by atoms with E-state index in [1.807, 2.05) is 13.8 Å². The molecule has 0 amide bonds. The SMILES string of the molecule is CC(C)c1nc(N2CCC(N(C)C)C2)sc1C(=O)O. The molecule has 0 saturated carbocycles. The van der Waals surface area contributed by atoms with E-state index in [1.54, 1.807) is 0 Å². The van der Waals surface area contributed by atoms with Crippen LogP contribution in [-0.4, -0.2) is 54.2 Å². The number of nitrogens with zero attached hydrogens (tertiary/aromatic N) is 3. The first-order valence-corrected chi connectivity index (χ1v) is 7.37. The first-order chi connectivity index (χ1) is 8.90. The van der Waals surface area contributed by atoms with Crippen molar-refractivity contribution in [3.63, 3.8) is 0 Å². The topological polar surface area (TPSA) is 56.7 Å². The quantitative estimate of drug-likeness (QED) is 0.917. The van der Waals surface area contributed by atoms with Crippen molar-refractivity contribution in [2.75, 3.05) is 32.1 Å². The van der Waals surface area contributed by atoms with Crippen LogP contribution in [0, 0.1) is 0 Å². The van der Waals surface area contributed by atoms with E-state index >= 15 is 0 Å². The lowest BCUT2D eigenvalue weighted by molar-refractivity contribution is 0.0700. The summed E-state index contributed by atoms with van der Waals surface area (Å²) in [6.07, 6.45) is 1.10. The molecule has 1 aliphatic heterocycles. The molecular weight excluding hydrogens is 262 g/mol. The highest BCUT2D eigenvalue weighted by molar-refractivity contribution is 7.17. The zero-order chi connectivity index (χ0) is 14.2. The number of thiazole rings is 1. The molecule has 106 valence electrons. The van der Waals surface area contributed by atoms with Crippen LogP contribution in [0.3, 0.4) is 0 Å². The fraction of sp³-hybridized carbons (Fsp3) is 0.692. The fourth-order valence-corrected chi connectivity index (χ4v) is 3.43. The highest BCUT2D eigenvalue weighted by atomic mass is 32.1. The smallest absolute Gasteiger partial charge is 0.347 e. The van der Waals surface area contributed by atoms with Gasteiger partial charge in [0.15, 0.2) is 5.13 Å². The average Bonchev–Trinajstić information content (AvgIpc) is 2.95. The highest BCUT2D eigenvalue weighted by Gasteiger charge is 2.28. The van der Waals surface area contributed by atoms with Gasteiger partial charge in [-0.05, 0) is 26.4 Å². The van der Waals surface area contributed by atoms with Crippen LogP contribution >= 0.6 is 11.3 Å². The van der Waals surface area contributed by atoms with Gasteiger partial charge in [0.1, 0.15) is 4.88 Å². The summed E-state index contributed by atoms with van der Waals surface area (Å²) in [6.45, 7) is 5.85. The van der Waals surface area contributed by atoms with Gasteiger partial charge in [-0.3, -0.25) is 0 Å². The van der Waals surface area contributed by atoms with Crippen molar-refractivity contribution >= 4 is 22.4 Å². The fourth-order valence-electron chi connectivity index (χ4n) is 2.34. The molecule has 2 heterocycles. The van der Waals surface area contributed by atoms with Crippen LogP contribution < -0.4 is 4.90 Å². The Morgan fingerprint density at radius 2 is 2.21 bits per heavy atom. The van der Waals surface area contributed by atoms with Crippen molar-refractivity contribution in [3.8, 4) is 0 Å². The van der Waals surface area contributed by atoms with Gasteiger partial charge in [0, 0.05) is 19.1 Å². The van der Waals surface area contributed by atoms with Gasteiger partial charge in [-0.25, -0.2) is 9.78 Å². The van der Waals surface area contributed by atoms with Gasteiger partial charge in [-0.15, -0.1) is 0 Å². The summed E-state index contributed by atoms with van der Waals surface area (Å²) < 4.78 is 0. The number of hydrogen-bond donors (Lipinski definition) is 1. The van der Waals surface area contributed by atoms with E-state index in [9.17, 15) is 9.90 Å². The number of anilines is 1. The summed E-state index contributed by atoms with van der Waals surface area (Å²) in [4.78, 5) is 20.6. The Balaban J connectivity index is 2.22. The maximum Gasteiger partial charge on any atom is 0.347 e. The third-order valence-electron chi connectivity index (χ3n) is 3.55. The Hall–Kier alpha value is -1.14. The van der Waals surface area contributed by atoms with Crippen LogP contribution in [-0.2, 0) is 0 Å². The summed E-state index contributed by atoms with van der Waals surface area (Å²) in [7, 11) is 4.16. The van der Waals surface area contributed by atoms with Crippen LogP contribution in [0.5, 0.6) is 0 Å². The molecule has 0 radical (unpaired) electrons. The second kappa shape index (κ2) is 5.46. The zero-order valence-corrected chi connectivity index (χ0v) is 12.7. The number of carboxylic acids is 1. The van der Waals surface area contributed by atoms with Crippen molar-refractivity contribution in [2.24, 2.45) is 0 Å². The summed E-state index contributed by atoms with van der Waals surface area (Å²) in [5.74, 6) is -0.723. The largest absolute Gasteiger partial charge is 0.477 e. The molecular formula is C13H21N3O2S. The maximum absolute atomic E-state index is 11.3. The van der Waals surface area contributed by atoms with Crippen molar-refractivity contribution in [1.82, 2.24) is 9.88 Å². The molecule has 0 bridgehead atoms.